The summed E-state index contributed by atoms with van der Waals surface area (Å²) in [5.74, 6) is 0.715. The van der Waals surface area contributed by atoms with Crippen molar-refractivity contribution in [2.75, 3.05) is 0 Å². The van der Waals surface area contributed by atoms with Gasteiger partial charge in [0.1, 0.15) is 5.69 Å². The molecular formula is C17H15N7. The number of aryl methyl sites for hydroxylation is 1. The molecule has 7 nitrogen and oxygen atoms in total. The maximum absolute atomic E-state index is 4.62. The zero-order chi connectivity index (χ0) is 16.5. The number of fused-ring (bicyclic) bond motifs is 1. The van der Waals surface area contributed by atoms with Crippen LogP contribution in [0.1, 0.15) is 11.4 Å². The Kier molecular flexibility index (Phi) is 3.31. The van der Waals surface area contributed by atoms with E-state index in [9.17, 15) is 0 Å². The lowest BCUT2D eigenvalue weighted by Gasteiger charge is -1.97. The number of hydrogen-bond donors (Lipinski definition) is 3. The molecule has 0 amide bonds. The lowest BCUT2D eigenvalue weighted by atomic mass is 10.1. The second kappa shape index (κ2) is 5.62. The summed E-state index contributed by atoms with van der Waals surface area (Å²) in [6.07, 6.45) is 10.8. The Hall–Kier alpha value is -3.48. The fraction of sp³-hybridized carbons (Fsp3) is 0.0588. The predicted octanol–water partition coefficient (Wildman–Crippen LogP) is 3.25. The monoisotopic (exact) mass is 317 g/mol. The summed E-state index contributed by atoms with van der Waals surface area (Å²) in [5.41, 5.74) is 5.21. The van der Waals surface area contributed by atoms with E-state index < -0.39 is 0 Å². The molecule has 24 heavy (non-hydrogen) atoms. The molecule has 0 saturated heterocycles. The zero-order valence-electron chi connectivity index (χ0n) is 13.0. The van der Waals surface area contributed by atoms with E-state index >= 15 is 0 Å². The van der Waals surface area contributed by atoms with Gasteiger partial charge in [0, 0.05) is 22.8 Å². The van der Waals surface area contributed by atoms with Gasteiger partial charge in [0.15, 0.2) is 5.82 Å². The van der Waals surface area contributed by atoms with E-state index in [1.54, 1.807) is 18.5 Å². The van der Waals surface area contributed by atoms with Crippen LogP contribution in [0.4, 0.5) is 0 Å². The van der Waals surface area contributed by atoms with Crippen LogP contribution in [0.3, 0.4) is 0 Å². The van der Waals surface area contributed by atoms with Gasteiger partial charge < -0.3 is 4.98 Å². The molecule has 3 N–H and O–H groups in total. The lowest BCUT2D eigenvalue weighted by molar-refractivity contribution is 1.09. The van der Waals surface area contributed by atoms with Gasteiger partial charge in [-0.3, -0.25) is 15.2 Å². The second-order valence-electron chi connectivity index (χ2n) is 5.36. The molecule has 0 fully saturated rings. The number of pyridine rings is 1. The van der Waals surface area contributed by atoms with Crippen LogP contribution in [-0.4, -0.2) is 35.3 Å². The first kappa shape index (κ1) is 14.1. The minimum atomic E-state index is 0.715. The summed E-state index contributed by atoms with van der Waals surface area (Å²) < 4.78 is 0. The van der Waals surface area contributed by atoms with Crippen molar-refractivity contribution in [1.29, 1.82) is 0 Å². The van der Waals surface area contributed by atoms with Crippen LogP contribution < -0.4 is 0 Å². The Balaban J connectivity index is 1.83. The number of aromatic nitrogens is 7. The van der Waals surface area contributed by atoms with Crippen molar-refractivity contribution < 1.29 is 0 Å². The zero-order valence-corrected chi connectivity index (χ0v) is 13.0. The number of aromatic amines is 3. The number of imidazole rings is 1. The van der Waals surface area contributed by atoms with Crippen LogP contribution in [0.15, 0.2) is 43.4 Å². The van der Waals surface area contributed by atoms with E-state index in [4.69, 9.17) is 0 Å². The van der Waals surface area contributed by atoms with Crippen LogP contribution in [-0.2, 0) is 0 Å². The summed E-state index contributed by atoms with van der Waals surface area (Å²) in [7, 11) is 0. The van der Waals surface area contributed by atoms with Crippen LogP contribution in [0, 0.1) is 6.92 Å². The van der Waals surface area contributed by atoms with Crippen LogP contribution in [0.5, 0.6) is 0 Å². The van der Waals surface area contributed by atoms with E-state index in [-0.39, 0.29) is 0 Å². The van der Waals surface area contributed by atoms with Gasteiger partial charge >= 0.3 is 0 Å². The average molecular weight is 317 g/mol. The summed E-state index contributed by atoms with van der Waals surface area (Å²) >= 11 is 0. The van der Waals surface area contributed by atoms with E-state index in [0.29, 0.717) is 5.82 Å². The molecule has 4 aromatic rings. The van der Waals surface area contributed by atoms with E-state index in [0.717, 1.165) is 39.2 Å². The molecule has 7 heteroatoms. The molecule has 0 atom stereocenters. The first-order chi connectivity index (χ1) is 11.8. The molecule has 0 bridgehead atoms. The van der Waals surface area contributed by atoms with Gasteiger partial charge in [-0.15, -0.1) is 0 Å². The van der Waals surface area contributed by atoms with Gasteiger partial charge in [-0.05, 0) is 19.1 Å². The van der Waals surface area contributed by atoms with Gasteiger partial charge in [0.2, 0.25) is 0 Å². The van der Waals surface area contributed by atoms with Crippen molar-refractivity contribution in [1.82, 2.24) is 35.3 Å². The van der Waals surface area contributed by atoms with E-state index in [1.165, 1.54) is 0 Å². The largest absolute Gasteiger partial charge is 0.340 e. The van der Waals surface area contributed by atoms with E-state index in [2.05, 4.69) is 41.9 Å². The molecule has 4 rings (SSSR count). The average Bonchev–Trinajstić information content (AvgIpc) is 3.32. The second-order valence-corrected chi connectivity index (χ2v) is 5.36. The molecule has 0 saturated carbocycles. The number of nitrogens with one attached hydrogen (secondary N) is 3. The molecule has 0 radical (unpaired) electrons. The van der Waals surface area contributed by atoms with Gasteiger partial charge in [-0.2, -0.15) is 10.2 Å². The Labute approximate surface area is 137 Å². The Bertz CT molecular complexity index is 1030. The predicted molar refractivity (Wildman–Crippen MR) is 93.0 cm³/mol. The van der Waals surface area contributed by atoms with Gasteiger partial charge in [-0.25, -0.2) is 4.98 Å². The summed E-state index contributed by atoms with van der Waals surface area (Å²) in [4.78, 5) is 12.3. The molecule has 0 aliphatic carbocycles. The fourth-order valence-corrected chi connectivity index (χ4v) is 2.55. The van der Waals surface area contributed by atoms with Crippen molar-refractivity contribution in [2.24, 2.45) is 0 Å². The van der Waals surface area contributed by atoms with E-state index in [1.807, 2.05) is 31.3 Å². The summed E-state index contributed by atoms with van der Waals surface area (Å²) in [6.45, 7) is 5.66. The Morgan fingerprint density at radius 3 is 2.96 bits per heavy atom. The quantitative estimate of drug-likeness (QED) is 0.503. The Morgan fingerprint density at radius 1 is 1.25 bits per heavy atom. The van der Waals surface area contributed by atoms with Crippen LogP contribution in [0.2, 0.25) is 0 Å². The summed E-state index contributed by atoms with van der Waals surface area (Å²) in [5, 5.41) is 15.1. The highest BCUT2D eigenvalue weighted by atomic mass is 15.1. The number of H-pyrrole nitrogens is 3. The van der Waals surface area contributed by atoms with Crippen molar-refractivity contribution in [3.8, 4) is 22.8 Å². The molecule has 4 heterocycles. The first-order valence-corrected chi connectivity index (χ1v) is 7.45. The minimum Gasteiger partial charge on any atom is -0.340 e. The molecule has 0 spiro atoms. The number of rotatable bonds is 4. The van der Waals surface area contributed by atoms with Gasteiger partial charge in [0.05, 0.1) is 29.3 Å². The minimum absolute atomic E-state index is 0.715. The SMILES string of the molecule is C=C/C=C\c1nc(-c2n[nH]c3cnc(-c4cn[nH]c4)cc23)[nH]c1C. The number of hydrogen-bond acceptors (Lipinski definition) is 4. The molecule has 0 aliphatic heterocycles. The third-order valence-corrected chi connectivity index (χ3v) is 3.78. The molecule has 118 valence electrons. The maximum atomic E-state index is 4.62. The highest BCUT2D eigenvalue weighted by molar-refractivity contribution is 5.93. The van der Waals surface area contributed by atoms with Gasteiger partial charge in [0.25, 0.3) is 0 Å². The lowest BCUT2D eigenvalue weighted by Crippen LogP contribution is -1.84. The van der Waals surface area contributed by atoms with Crippen molar-refractivity contribution in [3.05, 3.63) is 54.8 Å². The number of allylic oxidation sites excluding steroid dienone is 2. The third kappa shape index (κ3) is 2.32. The molecule has 0 aromatic carbocycles. The topological polar surface area (TPSA) is 98.9 Å². The van der Waals surface area contributed by atoms with Crippen molar-refractivity contribution in [3.63, 3.8) is 0 Å². The Morgan fingerprint density at radius 2 is 2.17 bits per heavy atom. The first-order valence-electron chi connectivity index (χ1n) is 7.45. The van der Waals surface area contributed by atoms with Crippen molar-refractivity contribution in [2.45, 2.75) is 6.92 Å². The molecular weight excluding hydrogens is 302 g/mol. The highest BCUT2D eigenvalue weighted by Gasteiger charge is 2.14. The molecule has 0 unspecified atom stereocenters. The molecule has 0 aliphatic rings. The maximum Gasteiger partial charge on any atom is 0.159 e. The highest BCUT2D eigenvalue weighted by Crippen LogP contribution is 2.28. The van der Waals surface area contributed by atoms with Crippen LogP contribution >= 0.6 is 0 Å². The smallest absolute Gasteiger partial charge is 0.159 e. The summed E-state index contributed by atoms with van der Waals surface area (Å²) in [6, 6.07) is 1.98. The normalized spacial score (nSPS) is 11.5. The standard InChI is InChI=1S/C17H15N7/c1-3-4-5-13-10(2)21-17(22-13)16-12-6-14(11-7-19-20-8-11)18-9-15(12)23-24-16/h3-9H,1H2,2H3,(H,19,20)(H,21,22)(H,23,24)/b5-4-. The number of nitrogens with zero attached hydrogens (tertiary/aromatic N) is 4. The van der Waals surface area contributed by atoms with Crippen LogP contribution in [0.25, 0.3) is 39.8 Å². The van der Waals surface area contributed by atoms with Gasteiger partial charge in [-0.1, -0.05) is 18.7 Å². The molecule has 4 aromatic heterocycles. The van der Waals surface area contributed by atoms with Crippen molar-refractivity contribution >= 4 is 17.0 Å². The fourth-order valence-electron chi connectivity index (χ4n) is 2.55. The third-order valence-electron chi connectivity index (χ3n) is 3.78.